The maximum absolute atomic E-state index is 12.3. The number of rotatable bonds is 5. The quantitative estimate of drug-likeness (QED) is 0.707. The molecule has 1 heterocycles. The molecule has 4 heteroatoms. The molecule has 0 atom stereocenters. The molecule has 0 unspecified atom stereocenters. The summed E-state index contributed by atoms with van der Waals surface area (Å²) in [4.78, 5) is 18.2. The van der Waals surface area contributed by atoms with Crippen molar-refractivity contribution in [1.29, 1.82) is 0 Å². The predicted molar refractivity (Wildman–Crippen MR) is 108 cm³/mol. The first-order valence-corrected chi connectivity index (χ1v) is 10.2. The summed E-state index contributed by atoms with van der Waals surface area (Å²) in [5.74, 6) is 0.139. The van der Waals surface area contributed by atoms with Crippen molar-refractivity contribution >= 4 is 28.0 Å². The molecule has 1 aliphatic rings. The lowest BCUT2D eigenvalue weighted by Crippen LogP contribution is -2.33. The molecule has 4 rings (SSSR count). The van der Waals surface area contributed by atoms with Crippen molar-refractivity contribution in [3.05, 3.63) is 63.6 Å². The van der Waals surface area contributed by atoms with Gasteiger partial charge in [-0.15, -0.1) is 11.3 Å². The largest absolute Gasteiger partial charge is 0.353 e. The summed E-state index contributed by atoms with van der Waals surface area (Å²) in [7, 11) is 0. The van der Waals surface area contributed by atoms with Crippen molar-refractivity contribution in [2.45, 2.75) is 51.5 Å². The number of benzene rings is 2. The van der Waals surface area contributed by atoms with Crippen LogP contribution in [0.5, 0.6) is 0 Å². The Morgan fingerprint density at radius 3 is 2.77 bits per heavy atom. The SMILES string of the molecule is Cc1nc(Cc2cccc3ccccc23)sc1CC(=O)NC1CCCC1. The van der Waals surface area contributed by atoms with Crippen molar-refractivity contribution in [2.24, 2.45) is 0 Å². The summed E-state index contributed by atoms with van der Waals surface area (Å²) in [5, 5.41) is 6.80. The van der Waals surface area contributed by atoms with E-state index in [9.17, 15) is 4.79 Å². The van der Waals surface area contributed by atoms with Crippen LogP contribution in [-0.4, -0.2) is 16.9 Å². The topological polar surface area (TPSA) is 42.0 Å². The molecule has 1 amide bonds. The van der Waals surface area contributed by atoms with E-state index in [1.807, 2.05) is 6.92 Å². The van der Waals surface area contributed by atoms with Crippen molar-refractivity contribution in [2.75, 3.05) is 0 Å². The highest BCUT2D eigenvalue weighted by Crippen LogP contribution is 2.26. The van der Waals surface area contributed by atoms with E-state index in [0.717, 1.165) is 34.8 Å². The Labute approximate surface area is 158 Å². The van der Waals surface area contributed by atoms with E-state index < -0.39 is 0 Å². The van der Waals surface area contributed by atoms with Gasteiger partial charge in [-0.1, -0.05) is 55.3 Å². The van der Waals surface area contributed by atoms with Crippen LogP contribution in [0.3, 0.4) is 0 Å². The lowest BCUT2D eigenvalue weighted by Gasteiger charge is -2.11. The van der Waals surface area contributed by atoms with E-state index in [0.29, 0.717) is 12.5 Å². The number of carbonyl (C=O) groups excluding carboxylic acids is 1. The molecule has 0 aliphatic heterocycles. The zero-order valence-electron chi connectivity index (χ0n) is 15.1. The number of carbonyl (C=O) groups is 1. The fourth-order valence-electron chi connectivity index (χ4n) is 3.83. The number of amides is 1. The van der Waals surface area contributed by atoms with Crippen molar-refractivity contribution in [3.63, 3.8) is 0 Å². The van der Waals surface area contributed by atoms with Crippen LogP contribution in [0.1, 0.15) is 46.8 Å². The Balaban J connectivity index is 1.48. The van der Waals surface area contributed by atoms with Gasteiger partial charge in [-0.2, -0.15) is 0 Å². The highest BCUT2D eigenvalue weighted by molar-refractivity contribution is 7.11. The number of aromatic nitrogens is 1. The molecular formula is C22H24N2OS. The number of thiazole rings is 1. The minimum atomic E-state index is 0.139. The van der Waals surface area contributed by atoms with Gasteiger partial charge in [0.1, 0.15) is 0 Å². The second-order valence-corrected chi connectivity index (χ2v) is 8.33. The van der Waals surface area contributed by atoms with E-state index in [4.69, 9.17) is 4.98 Å². The number of nitrogens with zero attached hydrogens (tertiary/aromatic N) is 1. The molecule has 1 saturated carbocycles. The number of aryl methyl sites for hydroxylation is 1. The third-order valence-electron chi connectivity index (χ3n) is 5.20. The van der Waals surface area contributed by atoms with Gasteiger partial charge < -0.3 is 5.32 Å². The molecule has 1 fully saturated rings. The first-order chi connectivity index (χ1) is 12.7. The van der Waals surface area contributed by atoms with E-state index in [-0.39, 0.29) is 5.91 Å². The molecule has 1 aromatic heterocycles. The summed E-state index contributed by atoms with van der Waals surface area (Å²) in [6.07, 6.45) is 5.99. The molecule has 134 valence electrons. The number of hydrogen-bond donors (Lipinski definition) is 1. The molecule has 3 nitrogen and oxygen atoms in total. The van der Waals surface area contributed by atoms with E-state index in [2.05, 4.69) is 47.8 Å². The molecule has 0 saturated heterocycles. The third-order valence-corrected chi connectivity index (χ3v) is 6.36. The van der Waals surface area contributed by atoms with Gasteiger partial charge in [0.05, 0.1) is 17.1 Å². The lowest BCUT2D eigenvalue weighted by molar-refractivity contribution is -0.121. The summed E-state index contributed by atoms with van der Waals surface area (Å²) < 4.78 is 0. The van der Waals surface area contributed by atoms with Gasteiger partial charge in [0.15, 0.2) is 0 Å². The minimum Gasteiger partial charge on any atom is -0.353 e. The summed E-state index contributed by atoms with van der Waals surface area (Å²) in [6.45, 7) is 2.02. The molecule has 2 aromatic carbocycles. The average molecular weight is 365 g/mol. The van der Waals surface area contributed by atoms with Gasteiger partial charge in [0.25, 0.3) is 0 Å². The van der Waals surface area contributed by atoms with E-state index in [1.54, 1.807) is 11.3 Å². The third kappa shape index (κ3) is 3.80. The second kappa shape index (κ2) is 7.58. The van der Waals surface area contributed by atoms with Gasteiger partial charge in [0, 0.05) is 17.3 Å². The molecule has 0 radical (unpaired) electrons. The summed E-state index contributed by atoms with van der Waals surface area (Å²) in [6, 6.07) is 15.3. The van der Waals surface area contributed by atoms with Crippen molar-refractivity contribution in [1.82, 2.24) is 10.3 Å². The second-order valence-electron chi connectivity index (χ2n) is 7.16. The maximum Gasteiger partial charge on any atom is 0.225 e. The summed E-state index contributed by atoms with van der Waals surface area (Å²) >= 11 is 1.68. The van der Waals surface area contributed by atoms with Crippen molar-refractivity contribution in [3.8, 4) is 0 Å². The van der Waals surface area contributed by atoms with Gasteiger partial charge in [0.2, 0.25) is 5.91 Å². The van der Waals surface area contributed by atoms with Gasteiger partial charge in [-0.05, 0) is 36.1 Å². The summed E-state index contributed by atoms with van der Waals surface area (Å²) in [5.41, 5.74) is 2.28. The van der Waals surface area contributed by atoms with Crippen LogP contribution < -0.4 is 5.32 Å². The van der Waals surface area contributed by atoms with Crippen molar-refractivity contribution < 1.29 is 4.79 Å². The Hall–Kier alpha value is -2.20. The Morgan fingerprint density at radius 2 is 1.92 bits per heavy atom. The van der Waals surface area contributed by atoms with Crippen LogP contribution >= 0.6 is 11.3 Å². The van der Waals surface area contributed by atoms with E-state index >= 15 is 0 Å². The zero-order chi connectivity index (χ0) is 17.9. The maximum atomic E-state index is 12.3. The predicted octanol–water partition coefficient (Wildman–Crippen LogP) is 4.80. The first kappa shape index (κ1) is 17.2. The van der Waals surface area contributed by atoms with E-state index in [1.165, 1.54) is 29.2 Å². The van der Waals surface area contributed by atoms with Gasteiger partial charge in [-0.3, -0.25) is 4.79 Å². The van der Waals surface area contributed by atoms with Crippen LogP contribution in [0.15, 0.2) is 42.5 Å². The standard InChI is InChI=1S/C22H24N2OS/c1-15-20(14-21(25)24-18-10-3-4-11-18)26-22(23-15)13-17-9-6-8-16-7-2-5-12-19(16)17/h2,5-9,12,18H,3-4,10-11,13-14H2,1H3,(H,24,25). The van der Waals surface area contributed by atoms with Crippen LogP contribution in [0.4, 0.5) is 0 Å². The first-order valence-electron chi connectivity index (χ1n) is 9.40. The fourth-order valence-corrected chi connectivity index (χ4v) is 4.92. The Morgan fingerprint density at radius 1 is 1.15 bits per heavy atom. The van der Waals surface area contributed by atoms with Crippen LogP contribution in [0, 0.1) is 6.92 Å². The monoisotopic (exact) mass is 364 g/mol. The molecule has 0 spiro atoms. The number of nitrogens with one attached hydrogen (secondary N) is 1. The molecule has 0 bridgehead atoms. The van der Waals surface area contributed by atoms with Gasteiger partial charge >= 0.3 is 0 Å². The Kier molecular flexibility index (Phi) is 5.02. The zero-order valence-corrected chi connectivity index (χ0v) is 15.9. The Bertz CT molecular complexity index is 920. The molecule has 3 aromatic rings. The molecule has 1 N–H and O–H groups in total. The fraction of sp³-hybridized carbons (Fsp3) is 0.364. The normalized spacial score (nSPS) is 14.8. The molecular weight excluding hydrogens is 340 g/mol. The van der Waals surface area contributed by atoms with Crippen LogP contribution in [-0.2, 0) is 17.6 Å². The molecule has 1 aliphatic carbocycles. The smallest absolute Gasteiger partial charge is 0.225 e. The average Bonchev–Trinajstić information content (AvgIpc) is 3.25. The highest BCUT2D eigenvalue weighted by atomic mass is 32.1. The van der Waals surface area contributed by atoms with Gasteiger partial charge in [-0.25, -0.2) is 4.98 Å². The highest BCUT2D eigenvalue weighted by Gasteiger charge is 2.19. The lowest BCUT2D eigenvalue weighted by atomic mass is 10.0. The molecule has 26 heavy (non-hydrogen) atoms. The van der Waals surface area contributed by atoms with Crippen LogP contribution in [0.2, 0.25) is 0 Å². The number of hydrogen-bond acceptors (Lipinski definition) is 3. The minimum absolute atomic E-state index is 0.139. The van der Waals surface area contributed by atoms with Crippen LogP contribution in [0.25, 0.3) is 10.8 Å². The number of fused-ring (bicyclic) bond motifs is 1.